The number of hydrogen-bond donors (Lipinski definition) is 2. The molecule has 1 atom stereocenters. The first kappa shape index (κ1) is 9.73. The van der Waals surface area contributed by atoms with Crippen molar-refractivity contribution in [3.05, 3.63) is 17.5 Å². The van der Waals surface area contributed by atoms with Gasteiger partial charge in [-0.1, -0.05) is 5.16 Å². The fraction of sp³-hybridized carbons (Fsp3) is 0.500. The van der Waals surface area contributed by atoms with Gasteiger partial charge in [0.15, 0.2) is 5.76 Å². The standard InChI is InChI=1S/C8H12N2O3/c1-5-3-7(13-10-5)4-9-6(2)8(11)12/h3,6,9H,4H2,1-2H3,(H,11,12)/t6-/m1/s1. The van der Waals surface area contributed by atoms with E-state index in [1.54, 1.807) is 13.0 Å². The minimum Gasteiger partial charge on any atom is -0.480 e. The molecule has 0 aliphatic rings. The molecular weight excluding hydrogens is 172 g/mol. The summed E-state index contributed by atoms with van der Waals surface area (Å²) < 4.78 is 4.89. The zero-order valence-corrected chi connectivity index (χ0v) is 7.57. The molecular formula is C8H12N2O3. The number of carboxylic acid groups (broad SMARTS) is 1. The van der Waals surface area contributed by atoms with E-state index >= 15 is 0 Å². The minimum absolute atomic E-state index is 0.383. The SMILES string of the molecule is Cc1cc(CN[C@H](C)C(=O)O)on1. The van der Waals surface area contributed by atoms with E-state index in [-0.39, 0.29) is 0 Å². The van der Waals surface area contributed by atoms with Crippen LogP contribution >= 0.6 is 0 Å². The maximum absolute atomic E-state index is 10.4. The largest absolute Gasteiger partial charge is 0.480 e. The van der Waals surface area contributed by atoms with E-state index in [0.717, 1.165) is 5.69 Å². The van der Waals surface area contributed by atoms with Crippen LogP contribution in [0.1, 0.15) is 18.4 Å². The smallest absolute Gasteiger partial charge is 0.320 e. The van der Waals surface area contributed by atoms with Crippen LogP contribution in [0.4, 0.5) is 0 Å². The highest BCUT2D eigenvalue weighted by molar-refractivity contribution is 5.72. The third kappa shape index (κ3) is 2.87. The molecule has 0 aromatic carbocycles. The zero-order valence-electron chi connectivity index (χ0n) is 7.57. The van der Waals surface area contributed by atoms with Crippen LogP contribution in [0, 0.1) is 6.92 Å². The molecule has 0 bridgehead atoms. The maximum Gasteiger partial charge on any atom is 0.320 e. The Hall–Kier alpha value is -1.36. The molecule has 0 aliphatic carbocycles. The number of rotatable bonds is 4. The topological polar surface area (TPSA) is 75.4 Å². The van der Waals surface area contributed by atoms with Gasteiger partial charge in [0, 0.05) is 6.07 Å². The first-order chi connectivity index (χ1) is 6.09. The van der Waals surface area contributed by atoms with Crippen molar-refractivity contribution < 1.29 is 14.4 Å². The number of nitrogens with one attached hydrogen (secondary N) is 1. The number of carboxylic acids is 1. The Morgan fingerprint density at radius 2 is 2.54 bits per heavy atom. The molecule has 13 heavy (non-hydrogen) atoms. The van der Waals surface area contributed by atoms with Crippen LogP contribution < -0.4 is 5.32 Å². The van der Waals surface area contributed by atoms with Crippen LogP contribution in [0.2, 0.25) is 0 Å². The highest BCUT2D eigenvalue weighted by atomic mass is 16.5. The number of carbonyl (C=O) groups is 1. The lowest BCUT2D eigenvalue weighted by Gasteiger charge is -2.05. The molecule has 0 spiro atoms. The Labute approximate surface area is 75.7 Å². The quantitative estimate of drug-likeness (QED) is 0.714. The van der Waals surface area contributed by atoms with Crippen LogP contribution in [0.15, 0.2) is 10.6 Å². The van der Waals surface area contributed by atoms with E-state index in [0.29, 0.717) is 12.3 Å². The molecule has 0 saturated heterocycles. The number of nitrogens with zero attached hydrogens (tertiary/aromatic N) is 1. The molecule has 2 N–H and O–H groups in total. The van der Waals surface area contributed by atoms with Gasteiger partial charge < -0.3 is 9.63 Å². The number of hydrogen-bond acceptors (Lipinski definition) is 4. The third-order valence-corrected chi connectivity index (χ3v) is 1.63. The second-order valence-electron chi connectivity index (χ2n) is 2.88. The highest BCUT2D eigenvalue weighted by Gasteiger charge is 2.10. The average Bonchev–Trinajstić information content (AvgIpc) is 2.47. The van der Waals surface area contributed by atoms with Crippen molar-refractivity contribution in [2.24, 2.45) is 0 Å². The summed E-state index contributed by atoms with van der Waals surface area (Å²) in [5.74, 6) is -0.234. The Bertz CT molecular complexity index is 295. The predicted molar refractivity (Wildman–Crippen MR) is 45.2 cm³/mol. The first-order valence-electron chi connectivity index (χ1n) is 3.98. The summed E-state index contributed by atoms with van der Waals surface area (Å²) in [6.45, 7) is 3.77. The molecule has 5 nitrogen and oxygen atoms in total. The van der Waals surface area contributed by atoms with E-state index in [1.807, 2.05) is 6.92 Å². The van der Waals surface area contributed by atoms with Gasteiger partial charge in [-0.05, 0) is 13.8 Å². The highest BCUT2D eigenvalue weighted by Crippen LogP contribution is 2.01. The fourth-order valence-electron chi connectivity index (χ4n) is 0.841. The molecule has 0 amide bonds. The predicted octanol–water partition coefficient (Wildman–Crippen LogP) is 0.546. The van der Waals surface area contributed by atoms with Crippen LogP contribution in [-0.2, 0) is 11.3 Å². The van der Waals surface area contributed by atoms with Crippen molar-refractivity contribution >= 4 is 5.97 Å². The van der Waals surface area contributed by atoms with E-state index in [9.17, 15) is 4.79 Å². The summed E-state index contributed by atoms with van der Waals surface area (Å²) in [5, 5.41) is 15.0. The summed E-state index contributed by atoms with van der Waals surface area (Å²) in [5.41, 5.74) is 0.791. The van der Waals surface area contributed by atoms with Crippen molar-refractivity contribution in [1.29, 1.82) is 0 Å². The number of aromatic nitrogens is 1. The summed E-state index contributed by atoms with van der Waals surface area (Å²) in [6.07, 6.45) is 0. The summed E-state index contributed by atoms with van der Waals surface area (Å²) in [7, 11) is 0. The normalized spacial score (nSPS) is 12.8. The molecule has 1 rings (SSSR count). The molecule has 1 aromatic rings. The second kappa shape index (κ2) is 4.04. The van der Waals surface area contributed by atoms with Gasteiger partial charge in [-0.3, -0.25) is 10.1 Å². The second-order valence-corrected chi connectivity index (χ2v) is 2.88. The monoisotopic (exact) mass is 184 g/mol. The lowest BCUT2D eigenvalue weighted by molar-refractivity contribution is -0.139. The van der Waals surface area contributed by atoms with Crippen molar-refractivity contribution in [1.82, 2.24) is 10.5 Å². The van der Waals surface area contributed by atoms with Gasteiger partial charge >= 0.3 is 5.97 Å². The van der Waals surface area contributed by atoms with Crippen molar-refractivity contribution in [2.75, 3.05) is 0 Å². The Morgan fingerprint density at radius 3 is 3.00 bits per heavy atom. The minimum atomic E-state index is -0.878. The molecule has 1 aromatic heterocycles. The summed E-state index contributed by atoms with van der Waals surface area (Å²) in [6, 6.07) is 1.19. The van der Waals surface area contributed by atoms with Crippen LogP contribution in [0.3, 0.4) is 0 Å². The molecule has 1 heterocycles. The van der Waals surface area contributed by atoms with E-state index in [4.69, 9.17) is 9.63 Å². The summed E-state index contributed by atoms with van der Waals surface area (Å²) >= 11 is 0. The van der Waals surface area contributed by atoms with Gasteiger partial charge in [0.05, 0.1) is 12.2 Å². The zero-order chi connectivity index (χ0) is 9.84. The number of aliphatic carboxylic acids is 1. The van der Waals surface area contributed by atoms with Crippen LogP contribution in [-0.4, -0.2) is 22.3 Å². The molecule has 0 saturated carbocycles. The summed E-state index contributed by atoms with van der Waals surface area (Å²) in [4.78, 5) is 10.4. The van der Waals surface area contributed by atoms with Crippen LogP contribution in [0.25, 0.3) is 0 Å². The Kier molecular flexibility index (Phi) is 3.02. The van der Waals surface area contributed by atoms with Gasteiger partial charge in [0.25, 0.3) is 0 Å². The molecule has 0 radical (unpaired) electrons. The first-order valence-corrected chi connectivity index (χ1v) is 3.98. The molecule has 0 aliphatic heterocycles. The molecule has 5 heteroatoms. The van der Waals surface area contributed by atoms with Crippen molar-refractivity contribution in [2.45, 2.75) is 26.4 Å². The van der Waals surface area contributed by atoms with Gasteiger partial charge in [0.1, 0.15) is 6.04 Å². The van der Waals surface area contributed by atoms with Gasteiger partial charge in [-0.25, -0.2) is 0 Å². The fourth-order valence-corrected chi connectivity index (χ4v) is 0.841. The van der Waals surface area contributed by atoms with Gasteiger partial charge in [0.2, 0.25) is 0 Å². The van der Waals surface area contributed by atoms with Crippen molar-refractivity contribution in [3.8, 4) is 0 Å². The number of aryl methyl sites for hydroxylation is 1. The van der Waals surface area contributed by atoms with Crippen molar-refractivity contribution in [3.63, 3.8) is 0 Å². The van der Waals surface area contributed by atoms with E-state index < -0.39 is 12.0 Å². The van der Waals surface area contributed by atoms with Gasteiger partial charge in [-0.2, -0.15) is 0 Å². The van der Waals surface area contributed by atoms with E-state index in [1.165, 1.54) is 0 Å². The third-order valence-electron chi connectivity index (χ3n) is 1.63. The van der Waals surface area contributed by atoms with Gasteiger partial charge in [-0.15, -0.1) is 0 Å². The van der Waals surface area contributed by atoms with E-state index in [2.05, 4.69) is 10.5 Å². The Morgan fingerprint density at radius 1 is 1.85 bits per heavy atom. The molecule has 0 unspecified atom stereocenters. The van der Waals surface area contributed by atoms with Crippen LogP contribution in [0.5, 0.6) is 0 Å². The average molecular weight is 184 g/mol. The lowest BCUT2D eigenvalue weighted by Crippen LogP contribution is -2.32. The maximum atomic E-state index is 10.4. The lowest BCUT2D eigenvalue weighted by atomic mass is 10.3. The molecule has 0 fully saturated rings. The molecule has 72 valence electrons. The Balaban J connectivity index is 2.39.